The van der Waals surface area contributed by atoms with Crippen LogP contribution in [0.5, 0.6) is 0 Å². The first kappa shape index (κ1) is 10.5. The monoisotopic (exact) mass is 207 g/mol. The predicted octanol–water partition coefficient (Wildman–Crippen LogP) is 1.57. The van der Waals surface area contributed by atoms with Crippen molar-refractivity contribution in [2.45, 2.75) is 6.92 Å². The summed E-state index contributed by atoms with van der Waals surface area (Å²) >= 11 is 1.23. The van der Waals surface area contributed by atoms with Crippen LogP contribution in [0.1, 0.15) is 18.2 Å². The number of rotatable bonds is 3. The van der Waals surface area contributed by atoms with Gasteiger partial charge in [0.25, 0.3) is 0 Å². The molecule has 72 valence electrons. The summed E-state index contributed by atoms with van der Waals surface area (Å²) < 4.78 is 0. The maximum atomic E-state index is 10.6. The minimum absolute atomic E-state index is 0.0855. The Kier molecular flexibility index (Phi) is 3.95. The van der Waals surface area contributed by atoms with Crippen LogP contribution in [-0.4, -0.2) is 21.1 Å². The van der Waals surface area contributed by atoms with Crippen molar-refractivity contribution in [3.63, 3.8) is 0 Å². The molecule has 0 aliphatic rings. The number of nitrogens with one attached hydrogen (secondary N) is 1. The van der Waals surface area contributed by atoms with Crippen molar-refractivity contribution in [1.29, 1.82) is 5.26 Å². The van der Waals surface area contributed by atoms with Gasteiger partial charge in [-0.2, -0.15) is 10.4 Å². The molecule has 0 saturated carbocycles. The van der Waals surface area contributed by atoms with Gasteiger partial charge in [-0.25, -0.2) is 0 Å². The zero-order chi connectivity index (χ0) is 10.4. The standard InChI is InChI=1S/C9H9N3OS/c1-7(13)14-4-2-3-8-6-11-12-9(8)5-10/h2-3,6H,4H2,1H3,(H,11,12). The molecule has 0 aliphatic heterocycles. The predicted molar refractivity (Wildman–Crippen MR) is 55.5 cm³/mol. The second-order valence-corrected chi connectivity index (χ2v) is 3.71. The Hall–Kier alpha value is -1.54. The highest BCUT2D eigenvalue weighted by atomic mass is 32.2. The van der Waals surface area contributed by atoms with Gasteiger partial charge in [-0.3, -0.25) is 9.89 Å². The maximum absolute atomic E-state index is 10.6. The summed E-state index contributed by atoms with van der Waals surface area (Å²) in [7, 11) is 0. The molecule has 4 nitrogen and oxygen atoms in total. The first-order valence-electron chi connectivity index (χ1n) is 3.97. The van der Waals surface area contributed by atoms with Gasteiger partial charge in [0.15, 0.2) is 5.12 Å². The van der Waals surface area contributed by atoms with Crippen molar-refractivity contribution in [3.05, 3.63) is 23.5 Å². The first-order valence-corrected chi connectivity index (χ1v) is 4.96. The van der Waals surface area contributed by atoms with E-state index in [0.717, 1.165) is 5.56 Å². The molecule has 1 N–H and O–H groups in total. The Morgan fingerprint density at radius 3 is 3.29 bits per heavy atom. The van der Waals surface area contributed by atoms with E-state index in [2.05, 4.69) is 10.2 Å². The molecule has 0 amide bonds. The molecule has 0 spiro atoms. The van der Waals surface area contributed by atoms with Crippen LogP contribution in [-0.2, 0) is 4.79 Å². The number of carbonyl (C=O) groups is 1. The van der Waals surface area contributed by atoms with Crippen LogP contribution in [0.3, 0.4) is 0 Å². The topological polar surface area (TPSA) is 69.5 Å². The number of carbonyl (C=O) groups excluding carboxylic acids is 1. The smallest absolute Gasteiger partial charge is 0.186 e. The quantitative estimate of drug-likeness (QED) is 0.816. The Bertz CT molecular complexity index is 389. The van der Waals surface area contributed by atoms with Crippen molar-refractivity contribution in [2.75, 3.05) is 5.75 Å². The molecule has 0 saturated heterocycles. The summed E-state index contributed by atoms with van der Waals surface area (Å²) in [4.78, 5) is 10.6. The molecule has 0 unspecified atom stereocenters. The van der Waals surface area contributed by atoms with Crippen LogP contribution in [0.2, 0.25) is 0 Å². The van der Waals surface area contributed by atoms with E-state index in [0.29, 0.717) is 11.4 Å². The van der Waals surface area contributed by atoms with Crippen molar-refractivity contribution in [1.82, 2.24) is 10.2 Å². The second-order valence-electron chi connectivity index (χ2n) is 2.52. The lowest BCUT2D eigenvalue weighted by molar-refractivity contribution is -0.109. The number of H-pyrrole nitrogens is 1. The molecule has 0 bridgehead atoms. The van der Waals surface area contributed by atoms with E-state index in [4.69, 9.17) is 5.26 Å². The Morgan fingerprint density at radius 2 is 2.64 bits per heavy atom. The van der Waals surface area contributed by atoms with Crippen molar-refractivity contribution < 1.29 is 4.79 Å². The van der Waals surface area contributed by atoms with Gasteiger partial charge in [-0.15, -0.1) is 0 Å². The Labute approximate surface area is 86.0 Å². The van der Waals surface area contributed by atoms with E-state index in [1.54, 1.807) is 12.3 Å². The molecule has 0 aromatic carbocycles. The van der Waals surface area contributed by atoms with Crippen LogP contribution in [0.25, 0.3) is 6.08 Å². The Balaban J connectivity index is 2.52. The largest absolute Gasteiger partial charge is 0.288 e. The molecule has 0 radical (unpaired) electrons. The molecule has 1 aromatic rings. The summed E-state index contributed by atoms with van der Waals surface area (Å²) in [6, 6.07) is 1.98. The average Bonchev–Trinajstić information content (AvgIpc) is 2.59. The van der Waals surface area contributed by atoms with Gasteiger partial charge < -0.3 is 0 Å². The highest BCUT2D eigenvalue weighted by Crippen LogP contribution is 2.07. The maximum Gasteiger partial charge on any atom is 0.186 e. The number of aromatic nitrogens is 2. The SMILES string of the molecule is CC(=O)SCC=Cc1cn[nH]c1C#N. The summed E-state index contributed by atoms with van der Waals surface area (Å²) in [5, 5.41) is 15.0. The average molecular weight is 207 g/mol. The van der Waals surface area contributed by atoms with Crippen LogP contribution in [0.4, 0.5) is 0 Å². The van der Waals surface area contributed by atoms with E-state index >= 15 is 0 Å². The van der Waals surface area contributed by atoms with Gasteiger partial charge in [0.1, 0.15) is 11.8 Å². The van der Waals surface area contributed by atoms with E-state index < -0.39 is 0 Å². The third-order valence-corrected chi connectivity index (χ3v) is 2.23. The third kappa shape index (κ3) is 3.07. The van der Waals surface area contributed by atoms with Crippen LogP contribution >= 0.6 is 11.8 Å². The normalized spacial score (nSPS) is 10.3. The summed E-state index contributed by atoms with van der Waals surface area (Å²) in [6.45, 7) is 1.52. The number of nitriles is 1. The van der Waals surface area contributed by atoms with Gasteiger partial charge in [-0.1, -0.05) is 23.9 Å². The van der Waals surface area contributed by atoms with Gasteiger partial charge in [-0.05, 0) is 0 Å². The zero-order valence-corrected chi connectivity index (χ0v) is 8.47. The van der Waals surface area contributed by atoms with Gasteiger partial charge in [0.2, 0.25) is 0 Å². The van der Waals surface area contributed by atoms with Crippen LogP contribution < -0.4 is 0 Å². The van der Waals surface area contributed by atoms with E-state index in [1.807, 2.05) is 12.1 Å². The molecule has 1 heterocycles. The molecule has 1 rings (SSSR count). The molecule has 14 heavy (non-hydrogen) atoms. The molecular formula is C9H9N3OS. The number of thioether (sulfide) groups is 1. The minimum atomic E-state index is 0.0855. The van der Waals surface area contributed by atoms with Gasteiger partial charge >= 0.3 is 0 Å². The third-order valence-electron chi connectivity index (χ3n) is 1.46. The fourth-order valence-electron chi connectivity index (χ4n) is 0.852. The van der Waals surface area contributed by atoms with E-state index in [1.165, 1.54) is 18.7 Å². The highest BCUT2D eigenvalue weighted by molar-refractivity contribution is 8.13. The van der Waals surface area contributed by atoms with E-state index in [9.17, 15) is 4.79 Å². The molecule has 0 fully saturated rings. The Morgan fingerprint density at radius 1 is 1.86 bits per heavy atom. The lowest BCUT2D eigenvalue weighted by atomic mass is 10.2. The van der Waals surface area contributed by atoms with Crippen molar-refractivity contribution in [2.24, 2.45) is 0 Å². The molecular weight excluding hydrogens is 198 g/mol. The summed E-state index contributed by atoms with van der Waals surface area (Å²) in [5.74, 6) is 0.616. The summed E-state index contributed by atoms with van der Waals surface area (Å²) in [6.07, 6.45) is 5.18. The molecule has 1 aromatic heterocycles. The van der Waals surface area contributed by atoms with Crippen molar-refractivity contribution in [3.8, 4) is 6.07 Å². The lowest BCUT2D eigenvalue weighted by Crippen LogP contribution is -1.82. The van der Waals surface area contributed by atoms with Crippen molar-refractivity contribution >= 4 is 23.0 Å². The van der Waals surface area contributed by atoms with Gasteiger partial charge in [0.05, 0.1) is 6.20 Å². The fourth-order valence-corrected chi connectivity index (χ4v) is 1.28. The molecule has 0 aliphatic carbocycles. The van der Waals surface area contributed by atoms with E-state index in [-0.39, 0.29) is 5.12 Å². The van der Waals surface area contributed by atoms with Gasteiger partial charge in [0, 0.05) is 18.2 Å². The highest BCUT2D eigenvalue weighted by Gasteiger charge is 1.98. The second kappa shape index (κ2) is 5.25. The first-order chi connectivity index (χ1) is 6.74. The molecule has 5 heteroatoms. The number of hydrogen-bond donors (Lipinski definition) is 1. The number of hydrogen-bond acceptors (Lipinski definition) is 4. The fraction of sp³-hybridized carbons (Fsp3) is 0.222. The molecule has 0 atom stereocenters. The zero-order valence-electron chi connectivity index (χ0n) is 7.65. The lowest BCUT2D eigenvalue weighted by Gasteiger charge is -1.88. The van der Waals surface area contributed by atoms with Crippen LogP contribution in [0, 0.1) is 11.3 Å². The number of nitrogens with zero attached hydrogens (tertiary/aromatic N) is 2. The number of aromatic amines is 1. The minimum Gasteiger partial charge on any atom is -0.288 e. The summed E-state index contributed by atoms with van der Waals surface area (Å²) in [5.41, 5.74) is 1.19. The van der Waals surface area contributed by atoms with Crippen LogP contribution in [0.15, 0.2) is 12.3 Å².